The molecule has 1 aromatic carbocycles. The molecule has 2 bridgehead atoms. The number of halogens is 2. The third kappa shape index (κ3) is 3.78. The molecule has 0 saturated carbocycles. The van der Waals surface area contributed by atoms with Gasteiger partial charge in [0.1, 0.15) is 5.82 Å². The molecule has 2 aromatic rings. The van der Waals surface area contributed by atoms with E-state index in [1.54, 1.807) is 18.2 Å². The van der Waals surface area contributed by atoms with Crippen LogP contribution in [0.4, 0.5) is 16.3 Å². The zero-order valence-electron chi connectivity index (χ0n) is 16.2. The lowest BCUT2D eigenvalue weighted by atomic mass is 9.95. The van der Waals surface area contributed by atoms with Crippen LogP contribution in [0.5, 0.6) is 0 Å². The van der Waals surface area contributed by atoms with Crippen molar-refractivity contribution in [3.8, 4) is 0 Å². The number of amides is 2. The maximum Gasteiger partial charge on any atom is 0.322 e. The van der Waals surface area contributed by atoms with Crippen molar-refractivity contribution in [1.82, 2.24) is 9.88 Å². The van der Waals surface area contributed by atoms with E-state index in [4.69, 9.17) is 23.2 Å². The van der Waals surface area contributed by atoms with Gasteiger partial charge in [0, 0.05) is 23.5 Å². The van der Waals surface area contributed by atoms with Crippen LogP contribution in [0.2, 0.25) is 10.0 Å². The fourth-order valence-electron chi connectivity index (χ4n) is 4.14. The van der Waals surface area contributed by atoms with Gasteiger partial charge < -0.3 is 15.5 Å². The highest BCUT2D eigenvalue weighted by Gasteiger charge is 2.43. The molecule has 2 atom stereocenters. The number of carbonyl (C=O) groups is 1. The molecule has 5 nitrogen and oxygen atoms in total. The Hall–Kier alpha value is -1.98. The first-order valence-corrected chi connectivity index (χ1v) is 10.3. The summed E-state index contributed by atoms with van der Waals surface area (Å²) in [4.78, 5) is 19.6. The molecule has 1 aromatic heterocycles. The summed E-state index contributed by atoms with van der Waals surface area (Å²) in [7, 11) is 0. The number of nitrogens with one attached hydrogen (secondary N) is 2. The molecule has 28 heavy (non-hydrogen) atoms. The quantitative estimate of drug-likeness (QED) is 0.638. The van der Waals surface area contributed by atoms with Crippen molar-refractivity contribution in [1.29, 1.82) is 0 Å². The number of pyridine rings is 1. The molecule has 2 aliphatic heterocycles. The fraction of sp³-hybridized carbons (Fsp3) is 0.429. The SMILES string of the molecule is CC(C)(C)Nc1cc2c(cn1)C[C@H]1CC[C@@H]2N1C(=O)Nc1ccc(Cl)c(Cl)c1. The van der Waals surface area contributed by atoms with Crippen molar-refractivity contribution in [2.45, 2.75) is 57.7 Å². The lowest BCUT2D eigenvalue weighted by molar-refractivity contribution is 0.179. The summed E-state index contributed by atoms with van der Waals surface area (Å²) in [6.45, 7) is 6.32. The molecule has 7 heteroatoms. The van der Waals surface area contributed by atoms with E-state index in [2.05, 4.69) is 42.5 Å². The van der Waals surface area contributed by atoms with Crippen LogP contribution in [0.1, 0.15) is 50.8 Å². The molecule has 0 radical (unpaired) electrons. The van der Waals surface area contributed by atoms with E-state index in [1.807, 2.05) is 11.1 Å². The van der Waals surface area contributed by atoms with Crippen LogP contribution in [-0.4, -0.2) is 27.5 Å². The van der Waals surface area contributed by atoms with Crippen LogP contribution in [0, 0.1) is 0 Å². The average Bonchev–Trinajstić information content (AvgIpc) is 2.93. The van der Waals surface area contributed by atoms with Crippen LogP contribution in [-0.2, 0) is 6.42 Å². The van der Waals surface area contributed by atoms with Crippen molar-refractivity contribution in [2.75, 3.05) is 10.6 Å². The fourth-order valence-corrected chi connectivity index (χ4v) is 4.44. The second-order valence-electron chi connectivity index (χ2n) is 8.56. The predicted molar refractivity (Wildman–Crippen MR) is 114 cm³/mol. The predicted octanol–water partition coefficient (Wildman–Crippen LogP) is 5.89. The first-order valence-electron chi connectivity index (χ1n) is 9.52. The Morgan fingerprint density at radius 3 is 2.68 bits per heavy atom. The van der Waals surface area contributed by atoms with Crippen molar-refractivity contribution in [2.24, 2.45) is 0 Å². The Balaban J connectivity index is 1.58. The number of rotatable bonds is 2. The van der Waals surface area contributed by atoms with E-state index in [-0.39, 0.29) is 23.7 Å². The largest absolute Gasteiger partial charge is 0.365 e. The molecule has 0 spiro atoms. The van der Waals surface area contributed by atoms with Crippen molar-refractivity contribution >= 4 is 40.7 Å². The lowest BCUT2D eigenvalue weighted by Gasteiger charge is -2.36. The molecule has 0 aliphatic carbocycles. The van der Waals surface area contributed by atoms with Gasteiger partial charge in [0.25, 0.3) is 0 Å². The number of carbonyl (C=O) groups excluding carboxylic acids is 1. The number of benzene rings is 1. The Morgan fingerprint density at radius 1 is 1.18 bits per heavy atom. The summed E-state index contributed by atoms with van der Waals surface area (Å²) in [5.74, 6) is 0.849. The highest BCUT2D eigenvalue weighted by molar-refractivity contribution is 6.42. The van der Waals surface area contributed by atoms with E-state index in [1.165, 1.54) is 11.1 Å². The molecule has 148 valence electrons. The topological polar surface area (TPSA) is 57.3 Å². The van der Waals surface area contributed by atoms with E-state index in [9.17, 15) is 4.79 Å². The lowest BCUT2D eigenvalue weighted by Crippen LogP contribution is -2.44. The molecule has 2 aliphatic rings. The number of anilines is 2. The molecule has 1 saturated heterocycles. The summed E-state index contributed by atoms with van der Waals surface area (Å²) in [6, 6.07) is 7.40. The Morgan fingerprint density at radius 2 is 1.96 bits per heavy atom. The average molecular weight is 419 g/mol. The van der Waals surface area contributed by atoms with Gasteiger partial charge in [-0.2, -0.15) is 0 Å². The van der Waals surface area contributed by atoms with Gasteiger partial charge in [-0.1, -0.05) is 23.2 Å². The van der Waals surface area contributed by atoms with E-state index in [0.29, 0.717) is 15.7 Å². The zero-order chi connectivity index (χ0) is 20.1. The highest BCUT2D eigenvalue weighted by Crippen LogP contribution is 2.44. The molecule has 2 N–H and O–H groups in total. The molecular weight excluding hydrogens is 395 g/mol. The number of hydrogen-bond acceptors (Lipinski definition) is 3. The molecular formula is C21H24Cl2N4O. The summed E-state index contributed by atoms with van der Waals surface area (Å²) < 4.78 is 0. The summed E-state index contributed by atoms with van der Waals surface area (Å²) in [5.41, 5.74) is 3.01. The van der Waals surface area contributed by atoms with Gasteiger partial charge in [0.15, 0.2) is 0 Å². The van der Waals surface area contributed by atoms with E-state index < -0.39 is 0 Å². The van der Waals surface area contributed by atoms with Gasteiger partial charge >= 0.3 is 6.03 Å². The van der Waals surface area contributed by atoms with Gasteiger partial charge in [-0.05, 0) is 75.4 Å². The molecule has 1 fully saturated rings. The Kier molecular flexibility index (Phi) is 4.92. The molecule has 0 unspecified atom stereocenters. The Bertz CT molecular complexity index is 925. The van der Waals surface area contributed by atoms with Crippen molar-refractivity contribution < 1.29 is 4.79 Å². The van der Waals surface area contributed by atoms with E-state index >= 15 is 0 Å². The van der Waals surface area contributed by atoms with Crippen LogP contribution in [0.3, 0.4) is 0 Å². The second kappa shape index (κ2) is 7.12. The van der Waals surface area contributed by atoms with Crippen molar-refractivity contribution in [3.63, 3.8) is 0 Å². The van der Waals surface area contributed by atoms with Crippen molar-refractivity contribution in [3.05, 3.63) is 51.6 Å². The Labute approximate surface area is 175 Å². The van der Waals surface area contributed by atoms with Gasteiger partial charge in [-0.3, -0.25) is 0 Å². The third-order valence-corrected chi connectivity index (χ3v) is 5.99. The highest BCUT2D eigenvalue weighted by atomic mass is 35.5. The standard InChI is InChI=1S/C21H24Cl2N4O/c1-21(2,3)26-19-10-15-12(11-24-19)8-14-5-7-18(15)27(14)20(28)25-13-4-6-16(22)17(23)9-13/h4,6,9-11,14,18H,5,7-8H2,1-3H3,(H,24,26)(H,25,28)/t14-,18+/m1/s1. The number of fused-ring (bicyclic) bond motifs is 4. The second-order valence-corrected chi connectivity index (χ2v) is 9.38. The van der Waals surface area contributed by atoms with Gasteiger partial charge in [-0.25, -0.2) is 9.78 Å². The maximum atomic E-state index is 13.1. The van der Waals surface area contributed by atoms with E-state index in [0.717, 1.165) is 25.1 Å². The monoisotopic (exact) mass is 418 g/mol. The molecule has 4 rings (SSSR count). The number of nitrogens with zero attached hydrogens (tertiary/aromatic N) is 2. The summed E-state index contributed by atoms with van der Waals surface area (Å²) in [6.07, 6.45) is 4.76. The molecule has 3 heterocycles. The van der Waals surface area contributed by atoms with Crippen LogP contribution < -0.4 is 10.6 Å². The maximum absolute atomic E-state index is 13.1. The van der Waals surface area contributed by atoms with Gasteiger partial charge in [0.2, 0.25) is 0 Å². The van der Waals surface area contributed by atoms with Gasteiger partial charge in [0.05, 0.1) is 16.1 Å². The van der Waals surface area contributed by atoms with Crippen LogP contribution in [0.25, 0.3) is 0 Å². The zero-order valence-corrected chi connectivity index (χ0v) is 17.7. The summed E-state index contributed by atoms with van der Waals surface area (Å²) >= 11 is 12.1. The minimum atomic E-state index is -0.0984. The minimum absolute atomic E-state index is 0.0695. The normalized spacial score (nSPS) is 20.7. The first kappa shape index (κ1) is 19.3. The number of aromatic nitrogens is 1. The minimum Gasteiger partial charge on any atom is -0.365 e. The number of urea groups is 1. The van der Waals surface area contributed by atoms with Gasteiger partial charge in [-0.15, -0.1) is 0 Å². The summed E-state index contributed by atoms with van der Waals surface area (Å²) in [5, 5.41) is 7.30. The molecule has 2 amide bonds. The smallest absolute Gasteiger partial charge is 0.322 e. The van der Waals surface area contributed by atoms with Crippen LogP contribution >= 0.6 is 23.2 Å². The third-order valence-electron chi connectivity index (χ3n) is 5.25. The first-order chi connectivity index (χ1) is 13.2. The number of hydrogen-bond donors (Lipinski definition) is 2. The van der Waals surface area contributed by atoms with Crippen LogP contribution in [0.15, 0.2) is 30.5 Å².